The minimum Gasteiger partial charge on any atom is -0.393 e. The summed E-state index contributed by atoms with van der Waals surface area (Å²) in [5.41, 5.74) is 0.526. The first kappa shape index (κ1) is 18.4. The number of amides is 1. The van der Waals surface area contributed by atoms with Crippen molar-refractivity contribution in [2.24, 2.45) is 5.16 Å². The topological polar surface area (TPSA) is 89.6 Å². The number of nitrogens with one attached hydrogen (secondary N) is 1. The maximum Gasteiger partial charge on any atom is 0.471 e. The van der Waals surface area contributed by atoms with Gasteiger partial charge < -0.3 is 14.7 Å². The summed E-state index contributed by atoms with van der Waals surface area (Å²) in [6.45, 7) is -0.772. The number of carbonyl (C=O) groups is 1. The van der Waals surface area contributed by atoms with Gasteiger partial charge in [0.1, 0.15) is 13.3 Å². The molecule has 0 aliphatic rings. The summed E-state index contributed by atoms with van der Waals surface area (Å²) in [5, 5.41) is 9.15. The molecule has 0 bridgehead atoms. The van der Waals surface area contributed by atoms with Crippen LogP contribution in [0.4, 0.5) is 17.6 Å². The van der Waals surface area contributed by atoms with Crippen molar-refractivity contribution >= 4 is 12.1 Å². The van der Waals surface area contributed by atoms with Crippen LogP contribution in [-0.2, 0) is 11.0 Å². The van der Waals surface area contributed by atoms with Gasteiger partial charge in [0.2, 0.25) is 5.82 Å². The highest BCUT2D eigenvalue weighted by molar-refractivity contribution is 5.95. The zero-order chi connectivity index (χ0) is 18.3. The van der Waals surface area contributed by atoms with Crippen molar-refractivity contribution < 1.29 is 31.7 Å². The fourth-order valence-electron chi connectivity index (χ4n) is 1.64. The Labute approximate surface area is 138 Å². The van der Waals surface area contributed by atoms with Crippen LogP contribution in [0, 0.1) is 0 Å². The Kier molecular flexibility index (Phi) is 6.03. The summed E-state index contributed by atoms with van der Waals surface area (Å²) in [6.07, 6.45) is -3.47. The predicted molar refractivity (Wildman–Crippen MR) is 77.5 cm³/mol. The van der Waals surface area contributed by atoms with Crippen molar-refractivity contribution in [2.75, 3.05) is 19.8 Å². The second-order valence-corrected chi connectivity index (χ2v) is 4.52. The van der Waals surface area contributed by atoms with Gasteiger partial charge in [-0.15, -0.1) is 0 Å². The lowest BCUT2D eigenvalue weighted by Gasteiger charge is -2.02. The molecule has 25 heavy (non-hydrogen) atoms. The SMILES string of the molecule is O=C(NC/C=N/OCCF)c1ccc(-c2noc(C(F)(F)F)n2)cc1. The molecule has 1 heterocycles. The number of oxime groups is 1. The zero-order valence-corrected chi connectivity index (χ0v) is 12.6. The van der Waals surface area contributed by atoms with E-state index >= 15 is 0 Å². The predicted octanol–water partition coefficient (Wildman–Crippen LogP) is 2.46. The van der Waals surface area contributed by atoms with Crippen molar-refractivity contribution in [3.8, 4) is 11.4 Å². The lowest BCUT2D eigenvalue weighted by atomic mass is 10.1. The number of carbonyl (C=O) groups excluding carboxylic acids is 1. The van der Waals surface area contributed by atoms with E-state index in [-0.39, 0.29) is 30.1 Å². The van der Waals surface area contributed by atoms with Crippen LogP contribution in [-0.4, -0.2) is 42.1 Å². The first-order valence-corrected chi connectivity index (χ1v) is 6.91. The molecule has 2 aromatic rings. The average Bonchev–Trinajstić information content (AvgIpc) is 3.08. The molecule has 0 unspecified atom stereocenters. The smallest absolute Gasteiger partial charge is 0.393 e. The Bertz CT molecular complexity index is 728. The normalized spacial score (nSPS) is 11.7. The average molecular weight is 360 g/mol. The van der Waals surface area contributed by atoms with Crippen LogP contribution in [0.3, 0.4) is 0 Å². The Morgan fingerprint density at radius 2 is 2.04 bits per heavy atom. The first-order chi connectivity index (χ1) is 11.9. The van der Waals surface area contributed by atoms with Gasteiger partial charge in [-0.2, -0.15) is 18.2 Å². The van der Waals surface area contributed by atoms with Gasteiger partial charge in [-0.25, -0.2) is 4.39 Å². The molecule has 0 aliphatic heterocycles. The van der Waals surface area contributed by atoms with E-state index in [1.165, 1.54) is 30.5 Å². The van der Waals surface area contributed by atoms with E-state index in [0.717, 1.165) is 0 Å². The van der Waals surface area contributed by atoms with Gasteiger partial charge >= 0.3 is 12.1 Å². The van der Waals surface area contributed by atoms with Crippen molar-refractivity contribution in [3.05, 3.63) is 35.7 Å². The molecule has 1 amide bonds. The van der Waals surface area contributed by atoms with E-state index in [9.17, 15) is 22.4 Å². The van der Waals surface area contributed by atoms with Gasteiger partial charge in [-0.05, 0) is 12.1 Å². The molecule has 11 heteroatoms. The lowest BCUT2D eigenvalue weighted by Crippen LogP contribution is -2.25. The molecule has 1 aromatic carbocycles. The molecule has 0 atom stereocenters. The fourth-order valence-corrected chi connectivity index (χ4v) is 1.64. The number of hydrogen-bond donors (Lipinski definition) is 1. The van der Waals surface area contributed by atoms with E-state index in [0.29, 0.717) is 0 Å². The Balaban J connectivity index is 1.94. The third-order valence-electron chi connectivity index (χ3n) is 2.75. The Hall–Kier alpha value is -2.98. The molecule has 0 spiro atoms. The van der Waals surface area contributed by atoms with Gasteiger partial charge in [0, 0.05) is 11.1 Å². The maximum absolute atomic E-state index is 12.4. The van der Waals surface area contributed by atoms with Crippen LogP contribution in [0.2, 0.25) is 0 Å². The van der Waals surface area contributed by atoms with Gasteiger partial charge in [-0.1, -0.05) is 22.4 Å². The van der Waals surface area contributed by atoms with Crippen LogP contribution >= 0.6 is 0 Å². The number of benzene rings is 1. The maximum atomic E-state index is 12.4. The number of aromatic nitrogens is 2. The van der Waals surface area contributed by atoms with Crippen LogP contribution < -0.4 is 5.32 Å². The quantitative estimate of drug-likeness (QED) is 0.355. The summed E-state index contributed by atoms with van der Waals surface area (Å²) in [6, 6.07) is 5.56. The molecular weight excluding hydrogens is 348 g/mol. The highest BCUT2D eigenvalue weighted by atomic mass is 19.4. The van der Waals surface area contributed by atoms with E-state index in [4.69, 9.17) is 0 Å². The summed E-state index contributed by atoms with van der Waals surface area (Å²) in [4.78, 5) is 19.6. The molecule has 0 radical (unpaired) electrons. The highest BCUT2D eigenvalue weighted by Gasteiger charge is 2.38. The second kappa shape index (κ2) is 8.22. The Morgan fingerprint density at radius 3 is 2.64 bits per heavy atom. The minimum atomic E-state index is -4.72. The van der Waals surface area contributed by atoms with E-state index in [2.05, 4.69) is 30.0 Å². The molecule has 2 rings (SSSR count). The van der Waals surface area contributed by atoms with Crippen LogP contribution in [0.5, 0.6) is 0 Å². The molecular formula is C14H12F4N4O3. The standard InChI is InChI=1S/C14H12F4N4O3/c15-5-8-24-20-7-6-19-12(23)10-3-1-9(2-4-10)11-21-13(25-22-11)14(16,17)18/h1-4,7H,5-6,8H2,(H,19,23)/b20-7+. The van der Waals surface area contributed by atoms with E-state index in [1.807, 2.05) is 0 Å². The van der Waals surface area contributed by atoms with Gasteiger partial charge in [0.25, 0.3) is 5.91 Å². The van der Waals surface area contributed by atoms with Crippen LogP contribution in [0.25, 0.3) is 11.4 Å². The largest absolute Gasteiger partial charge is 0.471 e. The third kappa shape index (κ3) is 5.26. The van der Waals surface area contributed by atoms with Crippen LogP contribution in [0.1, 0.15) is 16.2 Å². The van der Waals surface area contributed by atoms with E-state index in [1.54, 1.807) is 0 Å². The van der Waals surface area contributed by atoms with Gasteiger partial charge in [0.05, 0.1) is 12.8 Å². The number of nitrogens with zero attached hydrogens (tertiary/aromatic N) is 3. The van der Waals surface area contributed by atoms with Gasteiger partial charge in [-0.3, -0.25) is 4.79 Å². The van der Waals surface area contributed by atoms with Crippen molar-refractivity contribution in [2.45, 2.75) is 6.18 Å². The number of hydrogen-bond acceptors (Lipinski definition) is 6. The molecule has 0 saturated carbocycles. The monoisotopic (exact) mass is 360 g/mol. The van der Waals surface area contributed by atoms with Crippen LogP contribution in [0.15, 0.2) is 33.9 Å². The molecule has 0 fully saturated rings. The second-order valence-electron chi connectivity index (χ2n) is 4.52. The summed E-state index contributed by atoms with van der Waals surface area (Å²) in [5.74, 6) is -2.12. The fraction of sp³-hybridized carbons (Fsp3) is 0.286. The molecule has 0 saturated heterocycles. The number of alkyl halides is 4. The minimum absolute atomic E-state index is 0.0622. The molecule has 134 valence electrons. The summed E-state index contributed by atoms with van der Waals surface area (Å²) in [7, 11) is 0. The zero-order valence-electron chi connectivity index (χ0n) is 12.6. The Morgan fingerprint density at radius 1 is 1.32 bits per heavy atom. The third-order valence-corrected chi connectivity index (χ3v) is 2.75. The molecule has 0 aliphatic carbocycles. The van der Waals surface area contributed by atoms with Crippen molar-refractivity contribution in [3.63, 3.8) is 0 Å². The lowest BCUT2D eigenvalue weighted by molar-refractivity contribution is -0.159. The molecule has 7 nitrogen and oxygen atoms in total. The highest BCUT2D eigenvalue weighted by Crippen LogP contribution is 2.29. The number of rotatable bonds is 7. The first-order valence-electron chi connectivity index (χ1n) is 6.91. The van der Waals surface area contributed by atoms with Crippen molar-refractivity contribution in [1.82, 2.24) is 15.5 Å². The van der Waals surface area contributed by atoms with E-state index < -0.39 is 24.6 Å². The number of halogens is 4. The van der Waals surface area contributed by atoms with Crippen molar-refractivity contribution in [1.29, 1.82) is 0 Å². The summed E-state index contributed by atoms with van der Waals surface area (Å²) < 4.78 is 53.1. The summed E-state index contributed by atoms with van der Waals surface area (Å²) >= 11 is 0. The molecule has 1 N–H and O–H groups in total. The molecule has 1 aromatic heterocycles. The van der Waals surface area contributed by atoms with Gasteiger partial charge in [0.15, 0.2) is 0 Å².